The molecule has 10 heavy (non-hydrogen) atoms. The van der Waals surface area contributed by atoms with Gasteiger partial charge in [-0.3, -0.25) is 0 Å². The van der Waals surface area contributed by atoms with Crippen LogP contribution in [0.1, 0.15) is 19.8 Å². The molecule has 0 N–H and O–H groups in total. The number of hydrogen-bond donors (Lipinski definition) is 0. The van der Waals surface area contributed by atoms with E-state index in [-0.39, 0.29) is 6.61 Å². The quantitative estimate of drug-likeness (QED) is 0.255. The van der Waals surface area contributed by atoms with Gasteiger partial charge in [-0.2, -0.15) is 0 Å². The van der Waals surface area contributed by atoms with Crippen molar-refractivity contribution in [3.63, 3.8) is 0 Å². The summed E-state index contributed by atoms with van der Waals surface area (Å²) < 4.78 is 0. The number of unbranched alkanes of at least 4 members (excludes halogenated alkanes) is 1. The Bertz CT molecular complexity index is 122. The Morgan fingerprint density at radius 1 is 1.70 bits per heavy atom. The van der Waals surface area contributed by atoms with E-state index in [1.165, 1.54) is 0 Å². The monoisotopic (exact) mass is 145 g/mol. The molecule has 0 amide bonds. The second-order valence-corrected chi connectivity index (χ2v) is 1.77. The first-order chi connectivity index (χ1) is 4.77. The van der Waals surface area contributed by atoms with Crippen LogP contribution in [0.25, 0.3) is 0 Å². The van der Waals surface area contributed by atoms with Crippen LogP contribution in [0.5, 0.6) is 0 Å². The largest absolute Gasteiger partial charge is 0.314 e. The SMILES string of the molecule is CC=CCCCO[N+](=O)[O-]. The Kier molecular flexibility index (Phi) is 5.42. The molecule has 0 bridgehead atoms. The lowest BCUT2D eigenvalue weighted by molar-refractivity contribution is -0.757. The minimum atomic E-state index is -0.768. The lowest BCUT2D eigenvalue weighted by Crippen LogP contribution is -2.01. The third kappa shape index (κ3) is 6.94. The summed E-state index contributed by atoms with van der Waals surface area (Å²) in [5, 5.41) is 8.83. The predicted molar refractivity (Wildman–Crippen MR) is 37.0 cm³/mol. The van der Waals surface area contributed by atoms with Crippen molar-refractivity contribution in [1.29, 1.82) is 0 Å². The molecule has 0 aliphatic carbocycles. The van der Waals surface area contributed by atoms with Gasteiger partial charge in [-0.05, 0) is 19.8 Å². The standard InChI is InChI=1S/C6H11NO3/c1-2-3-4-5-6-10-7(8)9/h2-3H,4-6H2,1H3. The number of allylic oxidation sites excluding steroid dienone is 2. The van der Waals surface area contributed by atoms with Gasteiger partial charge in [-0.15, -0.1) is 10.1 Å². The Morgan fingerprint density at radius 3 is 2.90 bits per heavy atom. The van der Waals surface area contributed by atoms with Crippen molar-refractivity contribution in [2.24, 2.45) is 0 Å². The molecule has 0 saturated carbocycles. The summed E-state index contributed by atoms with van der Waals surface area (Å²) in [7, 11) is 0. The third-order valence-corrected chi connectivity index (χ3v) is 0.948. The van der Waals surface area contributed by atoms with Gasteiger partial charge < -0.3 is 4.84 Å². The van der Waals surface area contributed by atoms with Crippen LogP contribution in [0, 0.1) is 10.1 Å². The van der Waals surface area contributed by atoms with Crippen molar-refractivity contribution in [1.82, 2.24) is 0 Å². The van der Waals surface area contributed by atoms with Crippen LogP contribution in [0.3, 0.4) is 0 Å². The first-order valence-electron chi connectivity index (χ1n) is 3.16. The van der Waals surface area contributed by atoms with Gasteiger partial charge in [0.2, 0.25) is 0 Å². The van der Waals surface area contributed by atoms with Crippen LogP contribution >= 0.6 is 0 Å². The first kappa shape index (κ1) is 8.94. The minimum Gasteiger partial charge on any atom is -0.314 e. The zero-order valence-electron chi connectivity index (χ0n) is 5.95. The van der Waals surface area contributed by atoms with Gasteiger partial charge in [0.15, 0.2) is 0 Å². The van der Waals surface area contributed by atoms with Crippen molar-refractivity contribution in [3.05, 3.63) is 22.3 Å². The molecule has 0 radical (unpaired) electrons. The van der Waals surface area contributed by atoms with E-state index in [1.807, 2.05) is 19.1 Å². The number of nitrogens with zero attached hydrogens (tertiary/aromatic N) is 1. The maximum Gasteiger partial charge on any atom is 0.294 e. The molecule has 0 atom stereocenters. The van der Waals surface area contributed by atoms with Crippen molar-refractivity contribution < 1.29 is 9.92 Å². The third-order valence-electron chi connectivity index (χ3n) is 0.948. The van der Waals surface area contributed by atoms with Gasteiger partial charge in [0.05, 0.1) is 6.61 Å². The van der Waals surface area contributed by atoms with Crippen molar-refractivity contribution in [3.8, 4) is 0 Å². The Labute approximate surface area is 59.6 Å². The molecule has 0 unspecified atom stereocenters. The second-order valence-electron chi connectivity index (χ2n) is 1.77. The lowest BCUT2D eigenvalue weighted by atomic mass is 10.3. The van der Waals surface area contributed by atoms with Crippen molar-refractivity contribution in [2.45, 2.75) is 19.8 Å². The van der Waals surface area contributed by atoms with E-state index in [0.29, 0.717) is 6.42 Å². The second kappa shape index (κ2) is 6.07. The van der Waals surface area contributed by atoms with Crippen LogP contribution in [-0.4, -0.2) is 11.7 Å². The first-order valence-corrected chi connectivity index (χ1v) is 3.16. The van der Waals surface area contributed by atoms with Crippen LogP contribution in [0.2, 0.25) is 0 Å². The highest BCUT2D eigenvalue weighted by Gasteiger charge is 1.91. The summed E-state index contributed by atoms with van der Waals surface area (Å²) in [4.78, 5) is 13.7. The van der Waals surface area contributed by atoms with E-state index >= 15 is 0 Å². The average molecular weight is 145 g/mol. The molecule has 0 fully saturated rings. The van der Waals surface area contributed by atoms with E-state index < -0.39 is 5.09 Å². The van der Waals surface area contributed by atoms with Crippen LogP contribution < -0.4 is 0 Å². The minimum absolute atomic E-state index is 0.192. The molecule has 4 heteroatoms. The molecule has 0 aliphatic rings. The summed E-state index contributed by atoms with van der Waals surface area (Å²) >= 11 is 0. The Hall–Kier alpha value is -1.06. The molecular formula is C6H11NO3. The zero-order valence-corrected chi connectivity index (χ0v) is 5.95. The van der Waals surface area contributed by atoms with E-state index in [4.69, 9.17) is 0 Å². The molecule has 4 nitrogen and oxygen atoms in total. The van der Waals surface area contributed by atoms with Gasteiger partial charge in [-0.1, -0.05) is 12.2 Å². The fourth-order valence-electron chi connectivity index (χ4n) is 0.507. The van der Waals surface area contributed by atoms with Gasteiger partial charge in [0.1, 0.15) is 0 Å². The van der Waals surface area contributed by atoms with Crippen LogP contribution in [-0.2, 0) is 4.84 Å². The highest BCUT2D eigenvalue weighted by molar-refractivity contribution is 4.75. The lowest BCUT2D eigenvalue weighted by Gasteiger charge is -1.93. The fourth-order valence-corrected chi connectivity index (χ4v) is 0.507. The van der Waals surface area contributed by atoms with E-state index in [2.05, 4.69) is 4.84 Å². The fraction of sp³-hybridized carbons (Fsp3) is 0.667. The summed E-state index contributed by atoms with van der Waals surface area (Å²) in [6, 6.07) is 0. The van der Waals surface area contributed by atoms with Gasteiger partial charge in [0.25, 0.3) is 5.09 Å². The molecule has 0 aliphatic heterocycles. The summed E-state index contributed by atoms with van der Waals surface area (Å²) in [6.07, 6.45) is 5.39. The summed E-state index contributed by atoms with van der Waals surface area (Å²) in [5.74, 6) is 0. The number of hydrogen-bond acceptors (Lipinski definition) is 3. The summed E-state index contributed by atoms with van der Waals surface area (Å²) in [6.45, 7) is 2.10. The maximum absolute atomic E-state index is 9.60. The Balaban J connectivity index is 2.98. The zero-order chi connectivity index (χ0) is 7.82. The maximum atomic E-state index is 9.60. The van der Waals surface area contributed by atoms with Crippen LogP contribution in [0.15, 0.2) is 12.2 Å². The van der Waals surface area contributed by atoms with Crippen LogP contribution in [0.4, 0.5) is 0 Å². The highest BCUT2D eigenvalue weighted by atomic mass is 16.9. The van der Waals surface area contributed by atoms with E-state index in [1.54, 1.807) is 0 Å². The van der Waals surface area contributed by atoms with Crippen molar-refractivity contribution in [2.75, 3.05) is 6.61 Å². The summed E-state index contributed by atoms with van der Waals surface area (Å²) in [5.41, 5.74) is 0. The number of rotatable bonds is 5. The predicted octanol–water partition coefficient (Wildman–Crippen LogP) is 1.55. The highest BCUT2D eigenvalue weighted by Crippen LogP contribution is 1.91. The molecular weight excluding hydrogens is 134 g/mol. The van der Waals surface area contributed by atoms with E-state index in [0.717, 1.165) is 6.42 Å². The molecule has 0 aromatic heterocycles. The molecule has 0 saturated heterocycles. The van der Waals surface area contributed by atoms with Crippen molar-refractivity contribution >= 4 is 0 Å². The topological polar surface area (TPSA) is 52.4 Å². The van der Waals surface area contributed by atoms with Gasteiger partial charge >= 0.3 is 0 Å². The molecule has 0 spiro atoms. The van der Waals surface area contributed by atoms with E-state index in [9.17, 15) is 10.1 Å². The molecule has 0 aromatic rings. The average Bonchev–Trinajstić information content (AvgIpc) is 1.87. The molecule has 0 heterocycles. The van der Waals surface area contributed by atoms with Gasteiger partial charge in [-0.25, -0.2) is 0 Å². The normalized spacial score (nSPS) is 10.1. The Morgan fingerprint density at radius 2 is 2.40 bits per heavy atom. The molecule has 58 valence electrons. The molecule has 0 aromatic carbocycles. The molecule has 0 rings (SSSR count). The van der Waals surface area contributed by atoms with Gasteiger partial charge in [0, 0.05) is 0 Å². The smallest absolute Gasteiger partial charge is 0.294 e.